The summed E-state index contributed by atoms with van der Waals surface area (Å²) in [4.78, 5) is 0. The van der Waals surface area contributed by atoms with Gasteiger partial charge in [-0.25, -0.2) is 0 Å². The summed E-state index contributed by atoms with van der Waals surface area (Å²) in [6.45, 7) is 0. The molecule has 12 aromatic rings. The Bertz CT molecular complexity index is 3430. The van der Waals surface area contributed by atoms with Gasteiger partial charge in [0, 0.05) is 26.9 Å². The van der Waals surface area contributed by atoms with Crippen LogP contribution < -0.4 is 0 Å². The van der Waals surface area contributed by atoms with Gasteiger partial charge in [-0.1, -0.05) is 158 Å². The van der Waals surface area contributed by atoms with Crippen molar-refractivity contribution in [2.45, 2.75) is 0 Å². The maximum Gasteiger partial charge on any atom is 0.179 e. The van der Waals surface area contributed by atoms with Crippen molar-refractivity contribution in [1.82, 2.24) is 0 Å². The number of benzene rings is 10. The summed E-state index contributed by atoms with van der Waals surface area (Å²) in [6.07, 6.45) is 0. The second-order valence-electron chi connectivity index (χ2n) is 14.3. The molecule has 12 rings (SSSR count). The van der Waals surface area contributed by atoms with Crippen molar-refractivity contribution in [1.29, 1.82) is 0 Å². The first-order valence-electron chi connectivity index (χ1n) is 18.5. The van der Waals surface area contributed by atoms with Crippen LogP contribution in [-0.4, -0.2) is 0 Å². The van der Waals surface area contributed by atoms with Crippen LogP contribution in [-0.2, 0) is 0 Å². The highest BCUT2D eigenvalue weighted by Crippen LogP contribution is 2.47. The molecule has 0 radical (unpaired) electrons. The van der Waals surface area contributed by atoms with Gasteiger partial charge in [0.25, 0.3) is 0 Å². The number of hydrogen-bond acceptors (Lipinski definition) is 2. The summed E-state index contributed by atoms with van der Waals surface area (Å²) in [5, 5.41) is 14.1. The quantitative estimate of drug-likeness (QED) is 0.173. The first-order valence-corrected chi connectivity index (χ1v) is 18.5. The van der Waals surface area contributed by atoms with Crippen molar-refractivity contribution in [3.05, 3.63) is 182 Å². The van der Waals surface area contributed by atoms with Gasteiger partial charge < -0.3 is 8.83 Å². The van der Waals surface area contributed by atoms with E-state index in [0.717, 1.165) is 65.8 Å². The lowest BCUT2D eigenvalue weighted by atomic mass is 9.85. The third-order valence-corrected chi connectivity index (χ3v) is 11.4. The summed E-state index contributed by atoms with van der Waals surface area (Å²) in [5.41, 5.74) is 10.5. The molecule has 2 aromatic heterocycles. The second kappa shape index (κ2) is 11.2. The molecule has 2 heterocycles. The normalized spacial score (nSPS) is 12.1. The Balaban J connectivity index is 1.09. The van der Waals surface area contributed by atoms with Crippen LogP contribution in [0.15, 0.2) is 191 Å². The molecule has 10 aromatic carbocycles. The fourth-order valence-corrected chi connectivity index (χ4v) is 8.99. The molecule has 0 saturated carbocycles. The summed E-state index contributed by atoms with van der Waals surface area (Å²) in [5.74, 6) is 0. The van der Waals surface area contributed by atoms with E-state index >= 15 is 0 Å². The standard InChI is InChI=1S/C52H30O2/c1-2-13-35-29-36(26-21-31(35)11-1)48-40-17-7-5-15-38(40)47(39-16-6-8-18-41(39)48)34-24-22-33(23-25-34)44-30-45-42-28-27-32-12-3-4-14-37(32)50(42)54-51(45)52-49(44)43-19-9-10-20-46(43)53-52/h1-30H. The zero-order chi connectivity index (χ0) is 35.3. The Labute approximate surface area is 310 Å². The number of hydrogen-bond donors (Lipinski definition) is 0. The zero-order valence-electron chi connectivity index (χ0n) is 29.1. The minimum Gasteiger partial charge on any atom is -0.452 e. The third-order valence-electron chi connectivity index (χ3n) is 11.4. The highest BCUT2D eigenvalue weighted by molar-refractivity contribution is 6.26. The number of fused-ring (bicyclic) bond motifs is 12. The molecule has 0 unspecified atom stereocenters. The fraction of sp³-hybridized carbons (Fsp3) is 0. The highest BCUT2D eigenvalue weighted by Gasteiger charge is 2.22. The number of para-hydroxylation sites is 1. The average molecular weight is 687 g/mol. The van der Waals surface area contributed by atoms with E-state index in [4.69, 9.17) is 8.83 Å². The zero-order valence-corrected chi connectivity index (χ0v) is 29.1. The molecular formula is C52H30O2. The molecule has 0 aliphatic heterocycles. The van der Waals surface area contributed by atoms with Gasteiger partial charge in [0.15, 0.2) is 11.2 Å². The molecular weight excluding hydrogens is 657 g/mol. The van der Waals surface area contributed by atoms with E-state index in [0.29, 0.717) is 0 Å². The minimum absolute atomic E-state index is 0.786. The van der Waals surface area contributed by atoms with E-state index in [-0.39, 0.29) is 0 Å². The Kier molecular flexibility index (Phi) is 6.09. The van der Waals surface area contributed by atoms with Gasteiger partial charge in [-0.15, -0.1) is 0 Å². The van der Waals surface area contributed by atoms with Crippen LogP contribution in [0, 0.1) is 0 Å². The lowest BCUT2D eigenvalue weighted by molar-refractivity contribution is 0.635. The molecule has 0 bridgehead atoms. The van der Waals surface area contributed by atoms with E-state index in [1.54, 1.807) is 0 Å². The van der Waals surface area contributed by atoms with Crippen LogP contribution in [0.3, 0.4) is 0 Å². The molecule has 0 saturated heterocycles. The molecule has 250 valence electrons. The molecule has 0 aliphatic rings. The van der Waals surface area contributed by atoms with Crippen LogP contribution in [0.25, 0.3) is 120 Å². The van der Waals surface area contributed by atoms with Crippen LogP contribution in [0.4, 0.5) is 0 Å². The Hall–Kier alpha value is -7.16. The summed E-state index contributed by atoms with van der Waals surface area (Å²) in [7, 11) is 0. The van der Waals surface area contributed by atoms with Gasteiger partial charge in [-0.05, 0) is 95.3 Å². The van der Waals surface area contributed by atoms with Crippen LogP contribution in [0.2, 0.25) is 0 Å². The summed E-state index contributed by atoms with van der Waals surface area (Å²) in [6, 6.07) is 65.7. The van der Waals surface area contributed by atoms with Crippen molar-refractivity contribution in [2.75, 3.05) is 0 Å². The largest absolute Gasteiger partial charge is 0.452 e. The first kappa shape index (κ1) is 29.4. The Morgan fingerprint density at radius 2 is 0.815 bits per heavy atom. The van der Waals surface area contributed by atoms with Crippen LogP contribution in [0.5, 0.6) is 0 Å². The molecule has 0 aliphatic carbocycles. The monoisotopic (exact) mass is 686 g/mol. The van der Waals surface area contributed by atoms with E-state index in [1.165, 1.54) is 54.6 Å². The molecule has 54 heavy (non-hydrogen) atoms. The molecule has 2 nitrogen and oxygen atoms in total. The SMILES string of the molecule is c1ccc2cc(-c3c4ccccc4c(-c4ccc(-c5cc6c7ccc8ccccc8c7oc6c6oc7ccccc7c56)cc4)c4ccccc34)ccc2c1. The van der Waals surface area contributed by atoms with Gasteiger partial charge >= 0.3 is 0 Å². The van der Waals surface area contributed by atoms with E-state index < -0.39 is 0 Å². The van der Waals surface area contributed by atoms with Crippen molar-refractivity contribution >= 4 is 87.0 Å². The number of furan rings is 2. The average Bonchev–Trinajstić information content (AvgIpc) is 3.82. The van der Waals surface area contributed by atoms with E-state index in [9.17, 15) is 0 Å². The summed E-state index contributed by atoms with van der Waals surface area (Å²) < 4.78 is 13.4. The minimum atomic E-state index is 0.786. The second-order valence-corrected chi connectivity index (χ2v) is 14.3. The van der Waals surface area contributed by atoms with Crippen LogP contribution >= 0.6 is 0 Å². The topological polar surface area (TPSA) is 26.3 Å². The van der Waals surface area contributed by atoms with E-state index in [2.05, 4.69) is 170 Å². The number of rotatable bonds is 3. The third kappa shape index (κ3) is 4.17. The van der Waals surface area contributed by atoms with E-state index in [1.807, 2.05) is 12.1 Å². The van der Waals surface area contributed by atoms with Gasteiger partial charge in [-0.2, -0.15) is 0 Å². The Morgan fingerprint density at radius 1 is 0.278 bits per heavy atom. The molecule has 0 N–H and O–H groups in total. The molecule has 0 atom stereocenters. The Morgan fingerprint density at radius 3 is 1.54 bits per heavy atom. The van der Waals surface area contributed by atoms with Crippen molar-refractivity contribution in [2.24, 2.45) is 0 Å². The molecule has 2 heteroatoms. The van der Waals surface area contributed by atoms with Gasteiger partial charge in [0.2, 0.25) is 0 Å². The molecule has 0 amide bonds. The maximum atomic E-state index is 6.73. The van der Waals surface area contributed by atoms with Crippen molar-refractivity contribution in [3.8, 4) is 33.4 Å². The van der Waals surface area contributed by atoms with Gasteiger partial charge in [0.05, 0.1) is 0 Å². The highest BCUT2D eigenvalue weighted by atomic mass is 16.4. The fourth-order valence-electron chi connectivity index (χ4n) is 8.99. The predicted octanol–water partition coefficient (Wildman–Crippen LogP) is 15.1. The summed E-state index contributed by atoms with van der Waals surface area (Å²) >= 11 is 0. The lowest BCUT2D eigenvalue weighted by Crippen LogP contribution is -1.91. The molecule has 0 spiro atoms. The smallest absolute Gasteiger partial charge is 0.179 e. The van der Waals surface area contributed by atoms with Crippen molar-refractivity contribution in [3.63, 3.8) is 0 Å². The molecule has 0 fully saturated rings. The van der Waals surface area contributed by atoms with Gasteiger partial charge in [0.1, 0.15) is 11.2 Å². The maximum absolute atomic E-state index is 6.73. The van der Waals surface area contributed by atoms with Gasteiger partial charge in [-0.3, -0.25) is 0 Å². The van der Waals surface area contributed by atoms with Crippen molar-refractivity contribution < 1.29 is 8.83 Å². The first-order chi connectivity index (χ1) is 26.8. The van der Waals surface area contributed by atoms with Crippen LogP contribution in [0.1, 0.15) is 0 Å². The predicted molar refractivity (Wildman–Crippen MR) is 227 cm³/mol. The lowest BCUT2D eigenvalue weighted by Gasteiger charge is -2.18.